The van der Waals surface area contributed by atoms with Crippen LogP contribution in [0.3, 0.4) is 0 Å². The number of hydrogen-bond donors (Lipinski definition) is 0. The maximum atomic E-state index is 12.3. The van der Waals surface area contributed by atoms with Crippen molar-refractivity contribution >= 4 is 40.7 Å². The lowest BCUT2D eigenvalue weighted by molar-refractivity contribution is -0.117. The number of aryl methyl sites for hydroxylation is 1. The van der Waals surface area contributed by atoms with E-state index in [0.29, 0.717) is 46.7 Å². The van der Waals surface area contributed by atoms with Crippen LogP contribution in [-0.4, -0.2) is 28.7 Å². The average Bonchev–Trinajstić information content (AvgIpc) is 3.58. The summed E-state index contributed by atoms with van der Waals surface area (Å²) in [4.78, 5) is 35.5. The smallest absolute Gasteiger partial charge is 0.338 e. The van der Waals surface area contributed by atoms with Crippen LogP contribution in [0.1, 0.15) is 64.2 Å². The van der Waals surface area contributed by atoms with E-state index in [1.807, 2.05) is 116 Å². The van der Waals surface area contributed by atoms with Gasteiger partial charge in [0.05, 0.1) is 23.4 Å². The first-order valence-electron chi connectivity index (χ1n) is 17.5. The quantitative estimate of drug-likeness (QED) is 0.0811. The number of nitrogens with zero attached hydrogens (tertiary/aromatic N) is 1. The van der Waals surface area contributed by atoms with Crippen LogP contribution in [0.2, 0.25) is 10.0 Å². The molecule has 0 N–H and O–H groups in total. The van der Waals surface area contributed by atoms with Gasteiger partial charge in [0.15, 0.2) is 5.78 Å². The van der Waals surface area contributed by atoms with Gasteiger partial charge in [0, 0.05) is 39.8 Å². The molecule has 0 atom stereocenters. The van der Waals surface area contributed by atoms with Crippen LogP contribution in [0.15, 0.2) is 133 Å². The number of Topliss-reactive ketones (excluding diaryl/α,β-unsaturated/α-hetero) is 2. The minimum atomic E-state index is -0.338. The van der Waals surface area contributed by atoms with Crippen LogP contribution in [-0.2, 0) is 22.7 Å². The molecule has 0 radical (unpaired) electrons. The number of ether oxygens (including phenoxy) is 3. The summed E-state index contributed by atoms with van der Waals surface area (Å²) in [5, 5.41) is 1.09. The summed E-state index contributed by atoms with van der Waals surface area (Å²) in [6, 6.07) is 41.8. The van der Waals surface area contributed by atoms with Gasteiger partial charge in [-0.1, -0.05) is 89.9 Å². The number of halogens is 2. The molecule has 54 heavy (non-hydrogen) atoms. The van der Waals surface area contributed by atoms with E-state index in [0.717, 1.165) is 39.5 Å². The Morgan fingerprint density at radius 2 is 1.26 bits per heavy atom. The third kappa shape index (κ3) is 10.9. The highest BCUT2D eigenvalue weighted by Gasteiger charge is 2.17. The van der Waals surface area contributed by atoms with Gasteiger partial charge < -0.3 is 23.6 Å². The Kier molecular flexibility index (Phi) is 14.3. The molecule has 0 aliphatic carbocycles. The zero-order valence-corrected chi connectivity index (χ0v) is 31.9. The first kappa shape index (κ1) is 39.6. The number of ketones is 2. The molecule has 1 aromatic heterocycles. The van der Waals surface area contributed by atoms with Gasteiger partial charge in [0.2, 0.25) is 0 Å². The highest BCUT2D eigenvalue weighted by molar-refractivity contribution is 6.31. The molecule has 1 heterocycles. The van der Waals surface area contributed by atoms with Crippen LogP contribution < -0.4 is 9.47 Å². The van der Waals surface area contributed by atoms with E-state index in [2.05, 4.69) is 4.57 Å². The maximum Gasteiger partial charge on any atom is 0.338 e. The number of hydrogen-bond acceptors (Lipinski definition) is 6. The highest BCUT2D eigenvalue weighted by atomic mass is 35.5. The van der Waals surface area contributed by atoms with Crippen molar-refractivity contribution in [2.75, 3.05) is 6.61 Å². The molecule has 0 bridgehead atoms. The van der Waals surface area contributed by atoms with Gasteiger partial charge in [-0.3, -0.25) is 4.79 Å². The predicted octanol–water partition coefficient (Wildman–Crippen LogP) is 11.3. The first-order valence-corrected chi connectivity index (χ1v) is 18.3. The van der Waals surface area contributed by atoms with Crippen molar-refractivity contribution in [3.63, 3.8) is 0 Å². The van der Waals surface area contributed by atoms with Gasteiger partial charge in [0.25, 0.3) is 0 Å². The minimum Gasteiger partial charge on any atom is -0.488 e. The maximum absolute atomic E-state index is 12.3. The molecule has 0 aliphatic rings. The average molecular weight is 763 g/mol. The molecule has 276 valence electrons. The van der Waals surface area contributed by atoms with Crippen molar-refractivity contribution in [1.82, 2.24) is 4.57 Å². The summed E-state index contributed by atoms with van der Waals surface area (Å²) < 4.78 is 19.2. The normalized spacial score (nSPS) is 10.5. The summed E-state index contributed by atoms with van der Waals surface area (Å²) in [6.07, 6.45) is 0.390. The van der Waals surface area contributed by atoms with Crippen molar-refractivity contribution in [2.24, 2.45) is 0 Å². The van der Waals surface area contributed by atoms with Crippen LogP contribution >= 0.6 is 23.2 Å². The Hall–Kier alpha value is -5.63. The van der Waals surface area contributed by atoms with E-state index in [1.165, 1.54) is 6.92 Å². The summed E-state index contributed by atoms with van der Waals surface area (Å²) in [6.45, 7) is 6.45. The van der Waals surface area contributed by atoms with Crippen LogP contribution in [0.4, 0.5) is 0 Å². The van der Waals surface area contributed by atoms with E-state index >= 15 is 0 Å². The topological polar surface area (TPSA) is 83.8 Å². The number of esters is 1. The lowest BCUT2D eigenvalue weighted by atomic mass is 10.0. The summed E-state index contributed by atoms with van der Waals surface area (Å²) in [7, 11) is 0. The van der Waals surface area contributed by atoms with E-state index in [4.69, 9.17) is 37.4 Å². The van der Waals surface area contributed by atoms with Gasteiger partial charge in [-0.2, -0.15) is 0 Å². The van der Waals surface area contributed by atoms with E-state index in [-0.39, 0.29) is 30.4 Å². The number of carbonyl (C=O) groups excluding carboxylic acids is 3. The van der Waals surface area contributed by atoms with E-state index in [1.54, 1.807) is 31.2 Å². The molecule has 0 spiro atoms. The Balaban J connectivity index is 0.000000223. The molecule has 6 rings (SSSR count). The predicted molar refractivity (Wildman–Crippen MR) is 214 cm³/mol. The number of carbonyl (C=O) groups is 3. The molecule has 9 heteroatoms. The zero-order valence-electron chi connectivity index (χ0n) is 30.4. The van der Waals surface area contributed by atoms with Crippen molar-refractivity contribution in [2.45, 2.75) is 46.8 Å². The minimum absolute atomic E-state index is 0.0119. The van der Waals surface area contributed by atoms with Crippen molar-refractivity contribution < 1.29 is 28.6 Å². The fraction of sp³-hybridized carbons (Fsp3) is 0.178. The number of rotatable bonds is 14. The monoisotopic (exact) mass is 761 g/mol. The SMILES string of the molecule is CC(=O)CCC(=O)c1cc(Cl)ccc1OCc1ccccc1.CCOC(=O)c1cccc(-n2c(C)ccc2-c2cc(Cl)ccc2OCc2ccccc2)c1. The molecule has 0 saturated carbocycles. The van der Waals surface area contributed by atoms with Gasteiger partial charge >= 0.3 is 5.97 Å². The summed E-state index contributed by atoms with van der Waals surface area (Å²) in [5.41, 5.74) is 6.72. The second-order valence-electron chi connectivity index (χ2n) is 12.4. The molecular formula is C45H41Cl2NO6. The Labute approximate surface area is 326 Å². The Morgan fingerprint density at radius 3 is 1.89 bits per heavy atom. The van der Waals surface area contributed by atoms with Crippen LogP contribution in [0.5, 0.6) is 11.5 Å². The van der Waals surface area contributed by atoms with Crippen molar-refractivity contribution in [3.8, 4) is 28.4 Å². The summed E-state index contributed by atoms with van der Waals surface area (Å²) in [5.74, 6) is 0.735. The fourth-order valence-corrected chi connectivity index (χ4v) is 5.99. The number of benzene rings is 5. The highest BCUT2D eigenvalue weighted by Crippen LogP contribution is 2.36. The first-order chi connectivity index (χ1) is 26.1. The van der Waals surface area contributed by atoms with Gasteiger partial charge in [-0.25, -0.2) is 4.79 Å². The molecular weight excluding hydrogens is 721 g/mol. The molecule has 7 nitrogen and oxygen atoms in total. The number of aromatic nitrogens is 1. The molecule has 0 fully saturated rings. The van der Waals surface area contributed by atoms with Gasteiger partial charge in [-0.15, -0.1) is 0 Å². The van der Waals surface area contributed by atoms with Gasteiger partial charge in [-0.05, 0) is 98.6 Å². The molecule has 5 aromatic carbocycles. The molecule has 0 amide bonds. The Bertz CT molecular complexity index is 2200. The molecule has 0 aliphatic heterocycles. The van der Waals surface area contributed by atoms with Gasteiger partial charge in [0.1, 0.15) is 30.5 Å². The summed E-state index contributed by atoms with van der Waals surface area (Å²) >= 11 is 12.3. The molecule has 0 saturated heterocycles. The lowest BCUT2D eigenvalue weighted by Crippen LogP contribution is -2.07. The molecule has 6 aromatic rings. The third-order valence-corrected chi connectivity index (χ3v) is 8.80. The second-order valence-corrected chi connectivity index (χ2v) is 13.3. The second kappa shape index (κ2) is 19.4. The zero-order chi connectivity index (χ0) is 38.5. The Morgan fingerprint density at radius 1 is 0.648 bits per heavy atom. The lowest BCUT2D eigenvalue weighted by Gasteiger charge is -2.17. The molecule has 0 unspecified atom stereocenters. The van der Waals surface area contributed by atoms with Crippen LogP contribution in [0, 0.1) is 6.92 Å². The van der Waals surface area contributed by atoms with Crippen LogP contribution in [0.25, 0.3) is 16.9 Å². The largest absolute Gasteiger partial charge is 0.488 e. The standard InChI is InChI=1S/C27H24ClNO3.C18H17ClO3/c1-3-31-27(30)21-10-7-11-23(16-21)29-19(2)12-14-25(29)24-17-22(28)13-15-26(24)32-18-20-8-5-4-6-9-20;1-13(20)7-9-17(21)16-11-15(19)8-10-18(16)22-12-14-5-3-2-4-6-14/h4-17H,3,18H2,1-2H3;2-6,8,10-11H,7,9,12H2,1H3. The van der Waals surface area contributed by atoms with Crippen molar-refractivity contribution in [1.29, 1.82) is 0 Å². The van der Waals surface area contributed by atoms with E-state index in [9.17, 15) is 14.4 Å². The fourth-order valence-electron chi connectivity index (χ4n) is 5.65. The third-order valence-electron chi connectivity index (χ3n) is 8.33. The van der Waals surface area contributed by atoms with E-state index < -0.39 is 0 Å². The van der Waals surface area contributed by atoms with Crippen molar-refractivity contribution in [3.05, 3.63) is 171 Å².